The molecule has 4 heterocycles. The van der Waals surface area contributed by atoms with Gasteiger partial charge >= 0.3 is 23.8 Å². The van der Waals surface area contributed by atoms with E-state index in [0.717, 1.165) is 21.6 Å². The number of nitrogens with one attached hydrogen (secondary N) is 2. The number of rotatable bonds is 16. The molecule has 6 aromatic rings. The maximum absolute atomic E-state index is 14.3. The standard InChI is InChI=1S/C53H51N7O8S3.HI/c1-51(2,3)66-49(65)52(4,5)68-56-44(41-34-71-50(54-41)55-53(37-21-13-8-14-22-37,38-23-15-9-16-24-38)39-25-17-10-18-26-39)46(62)57-67-48(64)45-36(33-70-43-31-42(61)60(43)45)32-69-40-27-29-59(30-28-40)58(6)47(63)35-19-11-7-12-20-35;/h7-30,34,43H,31-33H2,1-6H3,(H-,54,55,57,62);1H/t43-;/m0./s1. The molecule has 0 bridgehead atoms. The van der Waals surface area contributed by atoms with Crippen LogP contribution in [0.2, 0.25) is 0 Å². The van der Waals surface area contributed by atoms with Crippen molar-refractivity contribution in [2.75, 3.05) is 28.9 Å². The van der Waals surface area contributed by atoms with E-state index in [1.165, 1.54) is 58.6 Å². The van der Waals surface area contributed by atoms with E-state index < -0.39 is 40.3 Å². The number of pyridine rings is 1. The van der Waals surface area contributed by atoms with E-state index in [-0.39, 0.29) is 59.0 Å². The Morgan fingerprint density at radius 3 is 1.93 bits per heavy atom. The highest BCUT2D eigenvalue weighted by Crippen LogP contribution is 2.43. The number of β-lactam (4-membered cyclic amide) rings is 1. The lowest BCUT2D eigenvalue weighted by atomic mass is 9.77. The SMILES string of the molecule is CN(C(=O)c1ccccc1)[n+]1ccc(SCC2=C(C(=O)ONC(=O)C(=NOC(C)(C)C(=O)OC(C)(C)C)c3csc(NC(c4ccccc4)(c4ccccc4)c4ccccc4)n3)N3C(=O)C[C@@H]3SC2)cc1.[I-]. The van der Waals surface area contributed by atoms with E-state index in [2.05, 4.69) is 16.0 Å². The maximum Gasteiger partial charge on any atom is 0.379 e. The minimum Gasteiger partial charge on any atom is -1.00 e. The molecule has 72 heavy (non-hydrogen) atoms. The second kappa shape index (κ2) is 22.9. The van der Waals surface area contributed by atoms with Crippen molar-refractivity contribution in [3.8, 4) is 0 Å². The molecule has 4 aromatic carbocycles. The zero-order chi connectivity index (χ0) is 50.3. The van der Waals surface area contributed by atoms with Crippen molar-refractivity contribution in [2.24, 2.45) is 5.16 Å². The van der Waals surface area contributed by atoms with Crippen LogP contribution in [0.25, 0.3) is 0 Å². The number of anilines is 1. The van der Waals surface area contributed by atoms with Crippen LogP contribution in [0.15, 0.2) is 173 Å². The van der Waals surface area contributed by atoms with Gasteiger partial charge in [-0.25, -0.2) is 14.6 Å². The summed E-state index contributed by atoms with van der Waals surface area (Å²) in [6.07, 6.45) is 3.78. The quantitative estimate of drug-likeness (QED) is 0.0194. The van der Waals surface area contributed by atoms with Gasteiger partial charge in [0.2, 0.25) is 23.9 Å². The van der Waals surface area contributed by atoms with Crippen LogP contribution in [-0.2, 0) is 39.1 Å². The number of hydrogen-bond acceptors (Lipinski definition) is 14. The first-order valence-corrected chi connectivity index (χ1v) is 25.5. The number of thiazole rings is 1. The van der Waals surface area contributed by atoms with Gasteiger partial charge in [0.1, 0.15) is 22.5 Å². The van der Waals surface area contributed by atoms with E-state index in [1.54, 1.807) is 74.5 Å². The minimum absolute atomic E-state index is 0. The number of hydrogen-bond donors (Lipinski definition) is 2. The topological polar surface area (TPSA) is 173 Å². The van der Waals surface area contributed by atoms with Gasteiger partial charge in [-0.3, -0.25) is 19.3 Å². The van der Waals surface area contributed by atoms with E-state index in [0.29, 0.717) is 27.8 Å². The number of fused-ring (bicyclic) bond motifs is 1. The molecule has 2 N–H and O–H groups in total. The second-order valence-electron chi connectivity index (χ2n) is 18.0. The summed E-state index contributed by atoms with van der Waals surface area (Å²) < 4.78 is 7.25. The Bertz CT molecular complexity index is 2880. The first kappa shape index (κ1) is 53.3. The highest BCUT2D eigenvalue weighted by Gasteiger charge is 2.46. The lowest BCUT2D eigenvalue weighted by Gasteiger charge is -2.44. The van der Waals surface area contributed by atoms with Crippen molar-refractivity contribution >= 4 is 75.4 Å². The minimum atomic E-state index is -1.67. The second-order valence-corrected chi connectivity index (χ2v) is 21.0. The normalized spacial score (nSPS) is 14.8. The van der Waals surface area contributed by atoms with Crippen molar-refractivity contribution in [3.63, 3.8) is 0 Å². The predicted octanol–water partition coefficient (Wildman–Crippen LogP) is 5.01. The monoisotopic (exact) mass is 1140 g/mol. The van der Waals surface area contributed by atoms with Crippen LogP contribution in [0.4, 0.5) is 5.13 Å². The van der Waals surface area contributed by atoms with Gasteiger partial charge in [-0.15, -0.1) is 39.9 Å². The molecule has 0 unspecified atom stereocenters. The molecule has 2 aliphatic heterocycles. The highest BCUT2D eigenvalue weighted by molar-refractivity contribution is 8.01. The Kier molecular flexibility index (Phi) is 16.9. The molecule has 1 fully saturated rings. The molecule has 8 rings (SSSR count). The fourth-order valence-corrected chi connectivity index (χ4v) is 10.7. The lowest BCUT2D eigenvalue weighted by Crippen LogP contribution is -3.00. The Labute approximate surface area is 447 Å². The van der Waals surface area contributed by atoms with Crippen molar-refractivity contribution in [2.45, 2.75) is 68.0 Å². The number of nitrogens with zero attached hydrogens (tertiary/aromatic N) is 5. The van der Waals surface area contributed by atoms with E-state index in [1.807, 2.05) is 109 Å². The van der Waals surface area contributed by atoms with Gasteiger partial charge < -0.3 is 43.7 Å². The smallest absolute Gasteiger partial charge is 0.379 e. The molecule has 0 saturated carbocycles. The van der Waals surface area contributed by atoms with Crippen molar-refractivity contribution in [3.05, 3.63) is 190 Å². The fourth-order valence-electron chi connectivity index (χ4n) is 7.69. The summed E-state index contributed by atoms with van der Waals surface area (Å²) in [4.78, 5) is 86.2. The third-order valence-corrected chi connectivity index (χ3v) is 14.5. The summed E-state index contributed by atoms with van der Waals surface area (Å²) in [6.45, 7) is 8.06. The number of carbonyl (C=O) groups excluding carboxylic acids is 5. The number of oxime groups is 1. The van der Waals surface area contributed by atoms with Gasteiger partial charge in [0.05, 0.1) is 18.8 Å². The average Bonchev–Trinajstić information content (AvgIpc) is 3.84. The van der Waals surface area contributed by atoms with Gasteiger partial charge in [0.15, 0.2) is 10.8 Å². The predicted molar refractivity (Wildman–Crippen MR) is 274 cm³/mol. The molecule has 15 nitrogen and oxygen atoms in total. The molecule has 0 aliphatic carbocycles. The molecule has 3 amide bonds. The third kappa shape index (κ3) is 12.0. The Hall–Kier alpha value is -6.55. The van der Waals surface area contributed by atoms with Crippen LogP contribution < -0.4 is 44.5 Å². The molecule has 2 aliphatic rings. The summed E-state index contributed by atoms with van der Waals surface area (Å²) in [5, 5.41) is 11.1. The number of carbonyl (C=O) groups is 5. The number of benzene rings is 4. The van der Waals surface area contributed by atoms with Gasteiger partial charge in [0.25, 0.3) is 0 Å². The zero-order valence-electron chi connectivity index (χ0n) is 40.2. The van der Waals surface area contributed by atoms with Crippen LogP contribution >= 0.6 is 34.9 Å². The van der Waals surface area contributed by atoms with Crippen molar-refractivity contribution < 1.29 is 67.0 Å². The van der Waals surface area contributed by atoms with Crippen LogP contribution in [-0.4, -0.2) is 80.4 Å². The number of ether oxygens (including phenoxy) is 1. The van der Waals surface area contributed by atoms with Crippen LogP contribution in [0.5, 0.6) is 0 Å². The first-order valence-electron chi connectivity index (χ1n) is 22.6. The van der Waals surface area contributed by atoms with Crippen LogP contribution in [0.3, 0.4) is 0 Å². The van der Waals surface area contributed by atoms with Gasteiger partial charge in [-0.2, -0.15) is 5.48 Å². The van der Waals surface area contributed by atoms with E-state index >= 15 is 0 Å². The van der Waals surface area contributed by atoms with Crippen molar-refractivity contribution in [1.82, 2.24) is 15.4 Å². The number of aromatic nitrogens is 2. The Balaban J connectivity index is 0.00000760. The average molecular weight is 1140 g/mol. The molecule has 372 valence electrons. The van der Waals surface area contributed by atoms with Crippen LogP contribution in [0.1, 0.15) is 73.8 Å². The third-order valence-electron chi connectivity index (χ3n) is 11.4. The summed E-state index contributed by atoms with van der Waals surface area (Å²) in [7, 11) is 1.68. The van der Waals surface area contributed by atoms with Gasteiger partial charge in [-0.1, -0.05) is 119 Å². The Morgan fingerprint density at radius 1 is 0.833 bits per heavy atom. The molecule has 2 aromatic heterocycles. The summed E-state index contributed by atoms with van der Waals surface area (Å²) in [6, 6.07) is 42.4. The number of hydroxylamine groups is 1. The fraction of sp³-hybridized carbons (Fsp3) is 0.245. The van der Waals surface area contributed by atoms with E-state index in [9.17, 15) is 24.0 Å². The first-order chi connectivity index (χ1) is 34.0. The highest BCUT2D eigenvalue weighted by atomic mass is 127. The number of halogens is 1. The van der Waals surface area contributed by atoms with Gasteiger partial charge in [0, 0.05) is 39.5 Å². The molecule has 1 atom stereocenters. The van der Waals surface area contributed by atoms with Crippen molar-refractivity contribution in [1.29, 1.82) is 0 Å². The molecule has 0 spiro atoms. The van der Waals surface area contributed by atoms with E-state index in [4.69, 9.17) is 19.4 Å². The summed E-state index contributed by atoms with van der Waals surface area (Å²) in [5.41, 5.74) is 2.35. The largest absolute Gasteiger partial charge is 1.00 e. The number of esters is 1. The molecule has 19 heteroatoms. The molecular weight excluding hydrogens is 1090 g/mol. The zero-order valence-corrected chi connectivity index (χ0v) is 44.8. The molecular formula is C53H52IN7O8S3. The maximum atomic E-state index is 14.3. The molecule has 1 saturated heterocycles. The number of amides is 3. The summed E-state index contributed by atoms with van der Waals surface area (Å²) >= 11 is 4.17. The van der Waals surface area contributed by atoms with Gasteiger partial charge in [-0.05, 0) is 69.0 Å². The summed E-state index contributed by atoms with van der Waals surface area (Å²) in [5.74, 6) is -2.39. The number of thioether (sulfide) groups is 2. The Morgan fingerprint density at radius 2 is 1.39 bits per heavy atom. The van der Waals surface area contributed by atoms with Crippen LogP contribution in [0, 0.1) is 0 Å². The molecule has 0 radical (unpaired) electrons. The lowest BCUT2D eigenvalue weighted by molar-refractivity contribution is -0.679.